The van der Waals surface area contributed by atoms with Gasteiger partial charge in [0.15, 0.2) is 0 Å². The van der Waals surface area contributed by atoms with E-state index in [2.05, 4.69) is 43.0 Å². The molecule has 2 atom stereocenters. The summed E-state index contributed by atoms with van der Waals surface area (Å²) in [5.74, 6) is 2.99. The van der Waals surface area contributed by atoms with Gasteiger partial charge in [-0.15, -0.1) is 0 Å². The highest BCUT2D eigenvalue weighted by Crippen LogP contribution is 2.31. The molecule has 3 heteroatoms. The second kappa shape index (κ2) is 8.58. The van der Waals surface area contributed by atoms with Gasteiger partial charge in [0.25, 0.3) is 0 Å². The highest BCUT2D eigenvalue weighted by molar-refractivity contribution is 7.99. The molecule has 0 radical (unpaired) electrons. The number of hydrogen-bond acceptors (Lipinski definition) is 3. The van der Waals surface area contributed by atoms with Crippen LogP contribution in [0.1, 0.15) is 38.2 Å². The van der Waals surface area contributed by atoms with Crippen LogP contribution < -0.4 is 10.5 Å². The van der Waals surface area contributed by atoms with Crippen LogP contribution in [0.5, 0.6) is 5.75 Å². The Morgan fingerprint density at radius 2 is 2.05 bits per heavy atom. The van der Waals surface area contributed by atoms with Crippen molar-refractivity contribution in [2.75, 3.05) is 18.9 Å². The first-order chi connectivity index (χ1) is 9.78. The summed E-state index contributed by atoms with van der Waals surface area (Å²) in [4.78, 5) is 0. The minimum absolute atomic E-state index is 0.705. The van der Waals surface area contributed by atoms with E-state index in [0.29, 0.717) is 6.54 Å². The largest absolute Gasteiger partial charge is 0.493 e. The van der Waals surface area contributed by atoms with Gasteiger partial charge in [-0.3, -0.25) is 0 Å². The highest BCUT2D eigenvalue weighted by atomic mass is 32.2. The van der Waals surface area contributed by atoms with Crippen LogP contribution in [-0.2, 0) is 6.42 Å². The lowest BCUT2D eigenvalue weighted by Gasteiger charge is -2.26. The molecule has 1 aliphatic carbocycles. The molecular weight excluding hydrogens is 266 g/mol. The molecule has 2 rings (SSSR count). The smallest absolute Gasteiger partial charge is 0.119 e. The lowest BCUT2D eigenvalue weighted by atomic mass is 9.91. The molecule has 0 aliphatic heterocycles. The molecular formula is C17H27NOS. The lowest BCUT2D eigenvalue weighted by molar-refractivity contribution is 0.342. The molecule has 20 heavy (non-hydrogen) atoms. The Labute approximate surface area is 127 Å². The van der Waals surface area contributed by atoms with Crippen LogP contribution >= 0.6 is 11.8 Å². The second-order valence-electron chi connectivity index (χ2n) is 5.80. The van der Waals surface area contributed by atoms with Crippen LogP contribution in [-0.4, -0.2) is 24.2 Å². The Morgan fingerprint density at radius 3 is 2.75 bits per heavy atom. The Kier molecular flexibility index (Phi) is 6.74. The van der Waals surface area contributed by atoms with Gasteiger partial charge >= 0.3 is 0 Å². The van der Waals surface area contributed by atoms with Crippen LogP contribution in [0.3, 0.4) is 0 Å². The predicted molar refractivity (Wildman–Crippen MR) is 88.6 cm³/mol. The molecule has 1 aromatic rings. The maximum absolute atomic E-state index is 5.80. The Hall–Kier alpha value is -0.670. The average molecular weight is 293 g/mol. The average Bonchev–Trinajstić information content (AvgIpc) is 2.46. The quantitative estimate of drug-likeness (QED) is 0.775. The van der Waals surface area contributed by atoms with Crippen LogP contribution in [0.4, 0.5) is 0 Å². The molecule has 1 fully saturated rings. The van der Waals surface area contributed by atoms with Gasteiger partial charge in [-0.25, -0.2) is 0 Å². The molecule has 0 heterocycles. The monoisotopic (exact) mass is 293 g/mol. The highest BCUT2D eigenvalue weighted by Gasteiger charge is 2.18. The molecule has 1 aliphatic rings. The third kappa shape index (κ3) is 5.37. The van der Waals surface area contributed by atoms with Gasteiger partial charge in [-0.2, -0.15) is 11.8 Å². The van der Waals surface area contributed by atoms with E-state index in [9.17, 15) is 0 Å². The third-order valence-electron chi connectivity index (χ3n) is 3.95. The molecule has 0 amide bonds. The summed E-state index contributed by atoms with van der Waals surface area (Å²) in [6.07, 6.45) is 6.54. The minimum Gasteiger partial charge on any atom is -0.493 e. The van der Waals surface area contributed by atoms with E-state index in [0.717, 1.165) is 35.7 Å². The second-order valence-corrected chi connectivity index (χ2v) is 7.20. The molecule has 1 aromatic carbocycles. The summed E-state index contributed by atoms with van der Waals surface area (Å²) >= 11 is 2.09. The van der Waals surface area contributed by atoms with Crippen molar-refractivity contribution >= 4 is 11.8 Å². The molecule has 1 saturated carbocycles. The van der Waals surface area contributed by atoms with Crippen molar-refractivity contribution in [3.63, 3.8) is 0 Å². The Balaban J connectivity index is 1.62. The van der Waals surface area contributed by atoms with Crippen LogP contribution in [0.2, 0.25) is 0 Å². The van der Waals surface area contributed by atoms with E-state index in [1.807, 2.05) is 0 Å². The van der Waals surface area contributed by atoms with Gasteiger partial charge in [0, 0.05) is 11.0 Å². The van der Waals surface area contributed by atoms with E-state index in [-0.39, 0.29) is 0 Å². The zero-order valence-corrected chi connectivity index (χ0v) is 13.3. The van der Waals surface area contributed by atoms with Gasteiger partial charge < -0.3 is 10.5 Å². The number of hydrogen-bond donors (Lipinski definition) is 1. The van der Waals surface area contributed by atoms with Crippen LogP contribution in [0.25, 0.3) is 0 Å². The van der Waals surface area contributed by atoms with Crippen molar-refractivity contribution in [1.29, 1.82) is 0 Å². The number of thioether (sulfide) groups is 1. The van der Waals surface area contributed by atoms with E-state index in [4.69, 9.17) is 10.5 Å². The normalized spacial score (nSPS) is 22.7. The molecule has 112 valence electrons. The molecule has 2 nitrogen and oxygen atoms in total. The van der Waals surface area contributed by atoms with Crippen molar-refractivity contribution in [1.82, 2.24) is 0 Å². The summed E-state index contributed by atoms with van der Waals surface area (Å²) in [7, 11) is 0. The zero-order chi connectivity index (χ0) is 14.2. The lowest BCUT2D eigenvalue weighted by Crippen LogP contribution is -2.16. The summed E-state index contributed by atoms with van der Waals surface area (Å²) in [5, 5.41) is 0.856. The number of ether oxygens (including phenoxy) is 1. The first kappa shape index (κ1) is 15.7. The van der Waals surface area contributed by atoms with Crippen molar-refractivity contribution in [2.24, 2.45) is 11.7 Å². The molecule has 0 spiro atoms. The Bertz CT molecular complexity index is 379. The zero-order valence-electron chi connectivity index (χ0n) is 12.5. The van der Waals surface area contributed by atoms with Gasteiger partial charge in [0.1, 0.15) is 5.75 Å². The molecule has 0 aromatic heterocycles. The third-order valence-corrected chi connectivity index (χ3v) is 5.25. The standard InChI is InChI=1S/C17H27NOS/c1-14-3-2-4-17(13-14)20-12-11-19-16-7-5-15(6-8-16)9-10-18/h5-8,14,17H,2-4,9-13,18H2,1H3. The fourth-order valence-electron chi connectivity index (χ4n) is 2.82. The fraction of sp³-hybridized carbons (Fsp3) is 0.647. The number of rotatable bonds is 7. The predicted octanol–water partition coefficient (Wildman–Crippen LogP) is 3.88. The fourth-order valence-corrected chi connectivity index (χ4v) is 4.13. The molecule has 2 N–H and O–H groups in total. The van der Waals surface area contributed by atoms with E-state index in [1.54, 1.807) is 0 Å². The minimum atomic E-state index is 0.705. The van der Waals surface area contributed by atoms with E-state index < -0.39 is 0 Å². The van der Waals surface area contributed by atoms with Crippen molar-refractivity contribution < 1.29 is 4.74 Å². The summed E-state index contributed by atoms with van der Waals surface area (Å²) in [6, 6.07) is 8.33. The maximum atomic E-state index is 5.80. The van der Waals surface area contributed by atoms with Crippen molar-refractivity contribution in [2.45, 2.75) is 44.3 Å². The van der Waals surface area contributed by atoms with E-state index in [1.165, 1.54) is 31.2 Å². The summed E-state index contributed by atoms with van der Waals surface area (Å²) in [5.41, 5.74) is 6.83. The first-order valence-electron chi connectivity index (χ1n) is 7.81. The van der Waals surface area contributed by atoms with Crippen LogP contribution in [0, 0.1) is 5.92 Å². The number of benzene rings is 1. The summed E-state index contributed by atoms with van der Waals surface area (Å²) < 4.78 is 5.80. The van der Waals surface area contributed by atoms with E-state index >= 15 is 0 Å². The van der Waals surface area contributed by atoms with Crippen LogP contribution in [0.15, 0.2) is 24.3 Å². The van der Waals surface area contributed by atoms with Gasteiger partial charge in [0.2, 0.25) is 0 Å². The molecule has 0 bridgehead atoms. The van der Waals surface area contributed by atoms with Gasteiger partial charge in [-0.05, 0) is 49.4 Å². The molecule has 2 unspecified atom stereocenters. The van der Waals surface area contributed by atoms with Crippen molar-refractivity contribution in [3.8, 4) is 5.75 Å². The molecule has 0 saturated heterocycles. The first-order valence-corrected chi connectivity index (χ1v) is 8.86. The van der Waals surface area contributed by atoms with Gasteiger partial charge in [-0.1, -0.05) is 31.9 Å². The number of nitrogens with two attached hydrogens (primary N) is 1. The SMILES string of the molecule is CC1CCCC(SCCOc2ccc(CCN)cc2)C1. The summed E-state index contributed by atoms with van der Waals surface area (Å²) in [6.45, 7) is 3.90. The maximum Gasteiger partial charge on any atom is 0.119 e. The topological polar surface area (TPSA) is 35.2 Å². The Morgan fingerprint density at radius 1 is 1.25 bits per heavy atom. The van der Waals surface area contributed by atoms with Gasteiger partial charge in [0.05, 0.1) is 6.61 Å². The van der Waals surface area contributed by atoms with Crippen molar-refractivity contribution in [3.05, 3.63) is 29.8 Å².